The number of para-hydroxylation sites is 1. The lowest BCUT2D eigenvalue weighted by molar-refractivity contribution is 0.437. The maximum Gasteiger partial charge on any atom is 0.141 e. The van der Waals surface area contributed by atoms with Gasteiger partial charge < -0.3 is 4.74 Å². The van der Waals surface area contributed by atoms with E-state index in [9.17, 15) is 0 Å². The average Bonchev–Trinajstić information content (AvgIpc) is 2.26. The van der Waals surface area contributed by atoms with Crippen molar-refractivity contribution in [2.75, 3.05) is 0 Å². The number of halogens is 2. The van der Waals surface area contributed by atoms with Crippen LogP contribution < -0.4 is 4.74 Å². The van der Waals surface area contributed by atoms with Crippen molar-refractivity contribution < 1.29 is 4.74 Å². The van der Waals surface area contributed by atoms with Crippen LogP contribution >= 0.6 is 36.6 Å². The summed E-state index contributed by atoms with van der Waals surface area (Å²) in [4.78, 5) is 1.19. The molecule has 0 saturated heterocycles. The molecule has 0 bridgehead atoms. The third kappa shape index (κ3) is 2.29. The van der Waals surface area contributed by atoms with Gasteiger partial charge in [-0.05, 0) is 23.6 Å². The zero-order valence-corrected chi connectivity index (χ0v) is 10.7. The fraction of sp³-hybridized carbons (Fsp3) is 0. The van der Waals surface area contributed by atoms with Gasteiger partial charge in [-0.25, -0.2) is 0 Å². The number of hydrogen-bond acceptors (Lipinski definition) is 2. The fourth-order valence-corrected chi connectivity index (χ4v) is 2.25. The number of benzene rings is 1. The van der Waals surface area contributed by atoms with Gasteiger partial charge in [0.15, 0.2) is 0 Å². The van der Waals surface area contributed by atoms with E-state index in [1.807, 2.05) is 30.4 Å². The summed E-state index contributed by atoms with van der Waals surface area (Å²) in [5, 5.41) is 2.06. The van der Waals surface area contributed by atoms with Crippen LogP contribution in [-0.2, 0) is 0 Å². The Morgan fingerprint density at radius 1 is 1.06 bits per heavy atom. The molecule has 0 radical (unpaired) electrons. The minimum Gasteiger partial charge on any atom is -0.456 e. The molecule has 4 heteroatoms. The molecule has 0 N–H and O–H groups in total. The van der Waals surface area contributed by atoms with Crippen molar-refractivity contribution >= 4 is 42.7 Å². The van der Waals surface area contributed by atoms with E-state index in [2.05, 4.69) is 17.6 Å². The molecule has 84 valence electrons. The van der Waals surface area contributed by atoms with Crippen LogP contribution in [0.15, 0.2) is 52.5 Å². The van der Waals surface area contributed by atoms with E-state index in [1.165, 1.54) is 4.91 Å². The van der Waals surface area contributed by atoms with Crippen molar-refractivity contribution in [2.24, 2.45) is 0 Å². The van der Waals surface area contributed by atoms with Gasteiger partial charge in [-0.3, -0.25) is 0 Å². The quantitative estimate of drug-likeness (QED) is 0.692. The Morgan fingerprint density at radius 2 is 1.88 bits per heavy atom. The molecule has 0 atom stereocenters. The molecule has 0 aromatic heterocycles. The van der Waals surface area contributed by atoms with Crippen LogP contribution in [0.1, 0.15) is 5.56 Å². The predicted molar refractivity (Wildman–Crippen MR) is 74.4 cm³/mol. The molecule has 0 amide bonds. The summed E-state index contributed by atoms with van der Waals surface area (Å²) in [6, 6.07) is 8.08. The first-order chi connectivity index (χ1) is 6.93. The number of fused-ring (bicyclic) bond motifs is 2. The minimum atomic E-state index is 0. The van der Waals surface area contributed by atoms with Crippen LogP contribution in [0.4, 0.5) is 0 Å². The van der Waals surface area contributed by atoms with Gasteiger partial charge in [0.2, 0.25) is 0 Å². The maximum atomic E-state index is 5.76. The normalized spacial score (nSPS) is 15.2. The van der Waals surface area contributed by atoms with E-state index in [1.54, 1.807) is 11.8 Å². The first-order valence-corrected chi connectivity index (χ1v) is 5.34. The second-order valence-electron chi connectivity index (χ2n) is 3.13. The van der Waals surface area contributed by atoms with E-state index in [0.29, 0.717) is 0 Å². The lowest BCUT2D eigenvalue weighted by atomic mass is 10.1. The second kappa shape index (κ2) is 5.48. The molecular formula is C12H10Cl2OS. The van der Waals surface area contributed by atoms with Crippen molar-refractivity contribution in [2.45, 2.75) is 0 Å². The van der Waals surface area contributed by atoms with Gasteiger partial charge in [-0.2, -0.15) is 0 Å². The van der Waals surface area contributed by atoms with Crippen molar-refractivity contribution in [1.29, 1.82) is 0 Å². The highest BCUT2D eigenvalue weighted by Gasteiger charge is 2.17. The monoisotopic (exact) mass is 272 g/mol. The van der Waals surface area contributed by atoms with Gasteiger partial charge in [-0.15, -0.1) is 24.8 Å². The van der Waals surface area contributed by atoms with Crippen molar-refractivity contribution in [3.05, 3.63) is 58.1 Å². The summed E-state index contributed by atoms with van der Waals surface area (Å²) < 4.78 is 5.76. The maximum absolute atomic E-state index is 5.76. The highest BCUT2D eigenvalue weighted by molar-refractivity contribution is 8.06. The van der Waals surface area contributed by atoms with Gasteiger partial charge in [0.1, 0.15) is 11.5 Å². The second-order valence-corrected chi connectivity index (χ2v) is 4.07. The van der Waals surface area contributed by atoms with Crippen LogP contribution in [0, 0.1) is 0 Å². The molecule has 1 aromatic rings. The van der Waals surface area contributed by atoms with E-state index in [0.717, 1.165) is 17.1 Å². The Hall–Kier alpha value is -0.830. The van der Waals surface area contributed by atoms with Crippen LogP contribution in [-0.4, -0.2) is 0 Å². The molecule has 0 spiro atoms. The van der Waals surface area contributed by atoms with Crippen LogP contribution in [0.3, 0.4) is 0 Å². The van der Waals surface area contributed by atoms with Crippen molar-refractivity contribution in [3.63, 3.8) is 0 Å². The molecule has 16 heavy (non-hydrogen) atoms. The molecular weight excluding hydrogens is 263 g/mol. The summed E-state index contributed by atoms with van der Waals surface area (Å²) in [7, 11) is 0. The SMILES string of the molecule is C1=CSC2=Cc3ccccc3OC2=C1.Cl.Cl. The Morgan fingerprint density at radius 3 is 2.75 bits per heavy atom. The zero-order valence-electron chi connectivity index (χ0n) is 8.25. The van der Waals surface area contributed by atoms with Gasteiger partial charge in [-0.1, -0.05) is 36.0 Å². The molecule has 0 aliphatic carbocycles. The van der Waals surface area contributed by atoms with Gasteiger partial charge in [0.05, 0.1) is 4.91 Å². The molecule has 2 heterocycles. The van der Waals surface area contributed by atoms with Gasteiger partial charge in [0, 0.05) is 5.56 Å². The lowest BCUT2D eigenvalue weighted by Gasteiger charge is -2.20. The predicted octanol–water partition coefficient (Wildman–Crippen LogP) is 4.41. The summed E-state index contributed by atoms with van der Waals surface area (Å²) in [5.41, 5.74) is 1.16. The van der Waals surface area contributed by atoms with Crippen molar-refractivity contribution in [1.82, 2.24) is 0 Å². The number of rotatable bonds is 0. The Bertz CT molecular complexity index is 478. The lowest BCUT2D eigenvalue weighted by Crippen LogP contribution is -2.04. The Balaban J connectivity index is 0.000000640. The van der Waals surface area contributed by atoms with Crippen LogP contribution in [0.5, 0.6) is 5.75 Å². The third-order valence-corrected chi connectivity index (χ3v) is 3.06. The zero-order chi connectivity index (χ0) is 9.38. The third-order valence-electron chi connectivity index (χ3n) is 2.19. The minimum absolute atomic E-state index is 0. The summed E-state index contributed by atoms with van der Waals surface area (Å²) in [5.74, 6) is 1.90. The number of allylic oxidation sites excluding steroid dienone is 2. The molecule has 1 nitrogen and oxygen atoms in total. The molecule has 2 aliphatic heterocycles. The van der Waals surface area contributed by atoms with E-state index in [-0.39, 0.29) is 24.8 Å². The van der Waals surface area contributed by atoms with Gasteiger partial charge >= 0.3 is 0 Å². The molecule has 0 saturated carbocycles. The first kappa shape index (κ1) is 13.2. The average molecular weight is 273 g/mol. The molecule has 2 aliphatic rings. The Labute approximate surface area is 111 Å². The largest absolute Gasteiger partial charge is 0.456 e. The number of hydrogen-bond donors (Lipinski definition) is 0. The molecule has 0 unspecified atom stereocenters. The summed E-state index contributed by atoms with van der Waals surface area (Å²) in [6.45, 7) is 0. The van der Waals surface area contributed by atoms with Crippen LogP contribution in [0.25, 0.3) is 6.08 Å². The summed E-state index contributed by atoms with van der Waals surface area (Å²) >= 11 is 1.70. The van der Waals surface area contributed by atoms with Gasteiger partial charge in [0.25, 0.3) is 0 Å². The van der Waals surface area contributed by atoms with Crippen molar-refractivity contribution in [3.8, 4) is 5.75 Å². The van der Waals surface area contributed by atoms with E-state index < -0.39 is 0 Å². The number of thioether (sulfide) groups is 1. The molecule has 1 aromatic carbocycles. The van der Waals surface area contributed by atoms with Crippen LogP contribution in [0.2, 0.25) is 0 Å². The molecule has 3 rings (SSSR count). The fourth-order valence-electron chi connectivity index (χ4n) is 1.52. The topological polar surface area (TPSA) is 9.23 Å². The highest BCUT2D eigenvalue weighted by atomic mass is 35.5. The standard InChI is InChI=1S/C12H8OS.2ClH/c1-2-5-10-9(4-1)8-12-11(13-10)6-3-7-14-12;;/h1-8H;2*1H. The first-order valence-electron chi connectivity index (χ1n) is 4.46. The summed E-state index contributed by atoms with van der Waals surface area (Å²) in [6.07, 6.45) is 6.17. The molecule has 0 fully saturated rings. The number of ether oxygens (including phenoxy) is 1. The highest BCUT2D eigenvalue weighted by Crippen LogP contribution is 2.38. The van der Waals surface area contributed by atoms with E-state index in [4.69, 9.17) is 4.74 Å². The van der Waals surface area contributed by atoms with E-state index >= 15 is 0 Å². The Kier molecular flexibility index (Phi) is 4.54. The smallest absolute Gasteiger partial charge is 0.141 e.